The van der Waals surface area contributed by atoms with Gasteiger partial charge in [0, 0.05) is 0 Å². The van der Waals surface area contributed by atoms with Crippen molar-refractivity contribution in [2.24, 2.45) is 0 Å². The molecule has 7 heavy (non-hydrogen) atoms. The molecule has 0 rings (SSSR count). The van der Waals surface area contributed by atoms with Crippen molar-refractivity contribution in [3.05, 3.63) is 0 Å². The van der Waals surface area contributed by atoms with E-state index in [2.05, 4.69) is 9.35 Å². The van der Waals surface area contributed by atoms with E-state index in [0.717, 1.165) is 0 Å². The van der Waals surface area contributed by atoms with Crippen molar-refractivity contribution in [2.75, 3.05) is 0 Å². The van der Waals surface area contributed by atoms with E-state index in [0.29, 0.717) is 0 Å². The summed E-state index contributed by atoms with van der Waals surface area (Å²) in [6.45, 7) is 0. The van der Waals surface area contributed by atoms with Gasteiger partial charge in [0.2, 0.25) is 0 Å². The summed E-state index contributed by atoms with van der Waals surface area (Å²) in [5.74, 6) is 0. The average Bonchev–Trinajstić information content (AvgIpc) is 1.41. The van der Waals surface area contributed by atoms with Crippen molar-refractivity contribution in [3.63, 3.8) is 0 Å². The van der Waals surface area contributed by atoms with E-state index in [9.17, 15) is 0 Å². The SMILES string of the molecule is OO[PH2+]OO.[K+].[K+]. The Morgan fingerprint density at radius 1 is 1.00 bits per heavy atom. The van der Waals surface area contributed by atoms with E-state index in [4.69, 9.17) is 10.5 Å². The van der Waals surface area contributed by atoms with Gasteiger partial charge in [-0.25, -0.2) is 10.5 Å². The molecule has 4 nitrogen and oxygen atoms in total. The van der Waals surface area contributed by atoms with Gasteiger partial charge in [-0.05, 0) is 0 Å². The van der Waals surface area contributed by atoms with Gasteiger partial charge in [-0.3, -0.25) is 0 Å². The first-order valence-corrected chi connectivity index (χ1v) is 1.78. The molecule has 0 saturated heterocycles. The van der Waals surface area contributed by atoms with Crippen LogP contribution in [-0.2, 0) is 9.35 Å². The molecule has 0 aliphatic rings. The van der Waals surface area contributed by atoms with Crippen molar-refractivity contribution in [3.8, 4) is 0 Å². The molecule has 0 radical (unpaired) electrons. The molecule has 0 saturated carbocycles. The van der Waals surface area contributed by atoms with Gasteiger partial charge in [0.15, 0.2) is 0 Å². The molecular weight excluding hydrogens is 173 g/mol. The standard InChI is InChI=1S/2K.H3O4P/c;;1-3-5-4-2/h;;5H2,(H-,1,2)/q2*+1;/p+1. The molecule has 0 bridgehead atoms. The first kappa shape index (κ1) is 16.9. The first-order chi connectivity index (χ1) is 2.41. The topological polar surface area (TPSA) is 58.9 Å². The molecule has 0 aliphatic heterocycles. The second-order valence-electron chi connectivity index (χ2n) is 0.307. The fourth-order valence-corrected chi connectivity index (χ4v) is 0.0577. The molecule has 0 aromatic rings. The zero-order valence-corrected chi connectivity index (χ0v) is 11.7. The quantitative estimate of drug-likeness (QED) is 0.191. The van der Waals surface area contributed by atoms with Crippen molar-refractivity contribution in [1.82, 2.24) is 0 Å². The molecule has 0 amide bonds. The second kappa shape index (κ2) is 16.3. The van der Waals surface area contributed by atoms with Crippen LogP contribution >= 0.6 is 9.03 Å². The molecule has 32 valence electrons. The molecule has 0 unspecified atom stereocenters. The van der Waals surface area contributed by atoms with Crippen LogP contribution in [0.15, 0.2) is 0 Å². The molecule has 0 spiro atoms. The summed E-state index contributed by atoms with van der Waals surface area (Å²) in [6.07, 6.45) is 0. The molecule has 0 atom stereocenters. The predicted molar refractivity (Wildman–Crippen MR) is 17.1 cm³/mol. The van der Waals surface area contributed by atoms with Gasteiger partial charge in [-0.15, -0.1) is 0 Å². The minimum atomic E-state index is -1.07. The summed E-state index contributed by atoms with van der Waals surface area (Å²) in [7, 11) is -1.07. The molecule has 0 aliphatic carbocycles. The number of hydrogen-bond donors (Lipinski definition) is 2. The third kappa shape index (κ3) is 17.7. The summed E-state index contributed by atoms with van der Waals surface area (Å²) in [4.78, 5) is 0. The van der Waals surface area contributed by atoms with Crippen LogP contribution in [-0.4, -0.2) is 10.5 Å². The molecule has 0 aromatic heterocycles. The Bertz CT molecular complexity index is 17.2. The molecule has 0 aromatic carbocycles. The van der Waals surface area contributed by atoms with Gasteiger partial charge >= 0.3 is 112 Å². The van der Waals surface area contributed by atoms with Crippen LogP contribution in [0.25, 0.3) is 0 Å². The van der Waals surface area contributed by atoms with Gasteiger partial charge in [0.25, 0.3) is 0 Å². The molecular formula is H4K2O4P+3. The number of hydrogen-bond acceptors (Lipinski definition) is 4. The average molecular weight is 177 g/mol. The van der Waals surface area contributed by atoms with Crippen LogP contribution in [0, 0.1) is 0 Å². The van der Waals surface area contributed by atoms with Gasteiger partial charge in [-0.1, -0.05) is 9.35 Å². The molecule has 7 heteroatoms. The summed E-state index contributed by atoms with van der Waals surface area (Å²) >= 11 is 0. The van der Waals surface area contributed by atoms with Crippen LogP contribution in [0.4, 0.5) is 0 Å². The van der Waals surface area contributed by atoms with E-state index in [1.165, 1.54) is 0 Å². The van der Waals surface area contributed by atoms with Gasteiger partial charge in [0.1, 0.15) is 0 Å². The minimum Gasteiger partial charge on any atom is -0.213 e. The summed E-state index contributed by atoms with van der Waals surface area (Å²) in [5, 5.41) is 14.6. The third-order valence-electron chi connectivity index (χ3n) is 0.0861. The monoisotopic (exact) mass is 177 g/mol. The normalized spacial score (nSPS) is 6.00. The van der Waals surface area contributed by atoms with Gasteiger partial charge < -0.3 is 0 Å². The Hall–Kier alpha value is 3.54. The van der Waals surface area contributed by atoms with Crippen molar-refractivity contribution >= 4 is 9.03 Å². The summed E-state index contributed by atoms with van der Waals surface area (Å²) < 4.78 is 6.60. The fraction of sp³-hybridized carbons (Fsp3) is 0. The van der Waals surface area contributed by atoms with Crippen LogP contribution in [0.1, 0.15) is 0 Å². The van der Waals surface area contributed by atoms with E-state index < -0.39 is 9.03 Å². The fourth-order valence-electron chi connectivity index (χ4n) is 0.0192. The van der Waals surface area contributed by atoms with Crippen molar-refractivity contribution < 1.29 is 123 Å². The van der Waals surface area contributed by atoms with Crippen LogP contribution in [0.5, 0.6) is 0 Å². The van der Waals surface area contributed by atoms with Crippen LogP contribution in [0.2, 0.25) is 0 Å². The summed E-state index contributed by atoms with van der Waals surface area (Å²) in [5.41, 5.74) is 0. The first-order valence-electron chi connectivity index (χ1n) is 0.837. The maximum Gasteiger partial charge on any atom is 1.00 e. The molecule has 0 heterocycles. The zero-order valence-electron chi connectivity index (χ0n) is 4.29. The molecule has 2 N–H and O–H groups in total. The van der Waals surface area contributed by atoms with Gasteiger partial charge in [-0.2, -0.15) is 0 Å². The third-order valence-corrected chi connectivity index (χ3v) is 0.258. The van der Waals surface area contributed by atoms with Crippen LogP contribution < -0.4 is 103 Å². The largest absolute Gasteiger partial charge is 1.00 e. The minimum absolute atomic E-state index is 0. The van der Waals surface area contributed by atoms with E-state index in [-0.39, 0.29) is 103 Å². The van der Waals surface area contributed by atoms with E-state index in [1.54, 1.807) is 0 Å². The zero-order chi connectivity index (χ0) is 4.12. The Kier molecular flexibility index (Phi) is 39.2. The smallest absolute Gasteiger partial charge is 0.213 e. The van der Waals surface area contributed by atoms with Crippen molar-refractivity contribution in [1.29, 1.82) is 0 Å². The van der Waals surface area contributed by atoms with E-state index >= 15 is 0 Å². The van der Waals surface area contributed by atoms with E-state index in [1.807, 2.05) is 0 Å². The molecule has 0 fully saturated rings. The maximum absolute atomic E-state index is 7.32. The Morgan fingerprint density at radius 2 is 1.29 bits per heavy atom. The summed E-state index contributed by atoms with van der Waals surface area (Å²) in [6, 6.07) is 0. The Balaban J connectivity index is -0.0000000800. The van der Waals surface area contributed by atoms with Crippen molar-refractivity contribution in [2.45, 2.75) is 0 Å². The Labute approximate surface area is 128 Å². The number of rotatable bonds is 2. The predicted octanol–water partition coefficient (Wildman–Crippen LogP) is -5.79. The maximum atomic E-state index is 7.32. The Morgan fingerprint density at radius 3 is 1.29 bits per heavy atom. The van der Waals surface area contributed by atoms with Gasteiger partial charge in [0.05, 0.1) is 0 Å². The second-order valence-corrected chi connectivity index (χ2v) is 0.921. The van der Waals surface area contributed by atoms with Crippen LogP contribution in [0.3, 0.4) is 0 Å².